The number of nitrogens with two attached hydrogens (primary N) is 1. The fourth-order valence-electron chi connectivity index (χ4n) is 1.49. The Bertz CT molecular complexity index is 299. The van der Waals surface area contributed by atoms with E-state index in [4.69, 9.17) is 10.5 Å². The van der Waals surface area contributed by atoms with Crippen molar-refractivity contribution in [1.82, 2.24) is 9.97 Å². The predicted molar refractivity (Wildman–Crippen MR) is 53.9 cm³/mol. The van der Waals surface area contributed by atoms with Gasteiger partial charge in [0.1, 0.15) is 11.6 Å². The Labute approximate surface area is 82.7 Å². The van der Waals surface area contributed by atoms with Gasteiger partial charge in [-0.1, -0.05) is 0 Å². The van der Waals surface area contributed by atoms with E-state index < -0.39 is 0 Å². The highest BCUT2D eigenvalue weighted by molar-refractivity contribution is 5.38. The second kappa shape index (κ2) is 4.23. The van der Waals surface area contributed by atoms with Crippen molar-refractivity contribution >= 4 is 11.6 Å². The van der Waals surface area contributed by atoms with Crippen LogP contribution < -0.4 is 11.1 Å². The maximum absolute atomic E-state index is 5.50. The lowest BCUT2D eigenvalue weighted by molar-refractivity contribution is 0.120. The summed E-state index contributed by atoms with van der Waals surface area (Å²) in [4.78, 5) is 8.02. The van der Waals surface area contributed by atoms with Crippen LogP contribution >= 0.6 is 0 Å². The highest BCUT2D eigenvalue weighted by atomic mass is 16.5. The molecule has 0 saturated carbocycles. The smallest absolute Gasteiger partial charge is 0.147 e. The lowest BCUT2D eigenvalue weighted by Gasteiger charge is -2.10. The molecule has 1 unspecified atom stereocenters. The highest BCUT2D eigenvalue weighted by Gasteiger charge is 2.14. The van der Waals surface area contributed by atoms with E-state index in [2.05, 4.69) is 15.3 Å². The molecule has 0 bridgehead atoms. The Balaban J connectivity index is 1.85. The second-order valence-corrected chi connectivity index (χ2v) is 3.35. The van der Waals surface area contributed by atoms with Gasteiger partial charge in [-0.25, -0.2) is 4.98 Å². The van der Waals surface area contributed by atoms with Gasteiger partial charge in [0.15, 0.2) is 0 Å². The molecule has 1 fully saturated rings. The van der Waals surface area contributed by atoms with E-state index in [1.54, 1.807) is 6.20 Å². The normalized spacial score (nSPS) is 21.0. The molecule has 1 aliphatic rings. The largest absolute Gasteiger partial charge is 0.382 e. The third kappa shape index (κ3) is 2.32. The van der Waals surface area contributed by atoms with Gasteiger partial charge in [-0.05, 0) is 12.8 Å². The summed E-state index contributed by atoms with van der Waals surface area (Å²) in [5.74, 6) is 1.14. The van der Waals surface area contributed by atoms with Crippen molar-refractivity contribution in [3.63, 3.8) is 0 Å². The van der Waals surface area contributed by atoms with E-state index in [1.807, 2.05) is 0 Å². The molecule has 0 spiro atoms. The van der Waals surface area contributed by atoms with Gasteiger partial charge >= 0.3 is 0 Å². The summed E-state index contributed by atoms with van der Waals surface area (Å²) in [5.41, 5.74) is 5.50. The fourth-order valence-corrected chi connectivity index (χ4v) is 1.49. The first-order chi connectivity index (χ1) is 6.84. The Hall–Kier alpha value is -1.36. The first kappa shape index (κ1) is 9.21. The van der Waals surface area contributed by atoms with Crippen LogP contribution in [0.3, 0.4) is 0 Å². The molecule has 14 heavy (non-hydrogen) atoms. The molecule has 1 aromatic rings. The zero-order valence-corrected chi connectivity index (χ0v) is 7.94. The minimum Gasteiger partial charge on any atom is -0.382 e. The number of hydrogen-bond donors (Lipinski definition) is 2. The molecule has 0 aliphatic carbocycles. The number of hydrogen-bond acceptors (Lipinski definition) is 5. The Morgan fingerprint density at radius 2 is 2.50 bits per heavy atom. The van der Waals surface area contributed by atoms with Gasteiger partial charge < -0.3 is 15.8 Å². The molecule has 76 valence electrons. The number of nitrogens with zero attached hydrogens (tertiary/aromatic N) is 2. The van der Waals surface area contributed by atoms with E-state index in [0.717, 1.165) is 26.0 Å². The second-order valence-electron chi connectivity index (χ2n) is 3.35. The average molecular weight is 194 g/mol. The summed E-state index contributed by atoms with van der Waals surface area (Å²) >= 11 is 0. The van der Waals surface area contributed by atoms with E-state index in [9.17, 15) is 0 Å². The maximum Gasteiger partial charge on any atom is 0.147 e. The van der Waals surface area contributed by atoms with Crippen molar-refractivity contribution in [3.05, 3.63) is 12.4 Å². The Kier molecular flexibility index (Phi) is 2.78. The van der Waals surface area contributed by atoms with Gasteiger partial charge in [-0.3, -0.25) is 4.98 Å². The number of nitrogen functional groups attached to an aromatic ring is 1. The lowest BCUT2D eigenvalue weighted by Crippen LogP contribution is -2.19. The minimum absolute atomic E-state index is 0.304. The predicted octanol–water partition coefficient (Wildman–Crippen LogP) is 0.650. The van der Waals surface area contributed by atoms with Crippen molar-refractivity contribution in [2.75, 3.05) is 24.2 Å². The number of anilines is 2. The SMILES string of the molecule is Nc1cncc(NCC2CCCO2)n1. The van der Waals surface area contributed by atoms with Crippen LogP contribution in [0.15, 0.2) is 12.4 Å². The molecule has 3 N–H and O–H groups in total. The summed E-state index contributed by atoms with van der Waals surface area (Å²) in [7, 11) is 0. The Morgan fingerprint density at radius 3 is 3.21 bits per heavy atom. The van der Waals surface area contributed by atoms with Crippen molar-refractivity contribution in [2.45, 2.75) is 18.9 Å². The molecule has 2 rings (SSSR count). The zero-order chi connectivity index (χ0) is 9.80. The molecule has 0 aromatic carbocycles. The standard InChI is InChI=1S/C9H14N4O/c10-8-5-11-6-9(13-8)12-4-7-2-1-3-14-7/h5-7H,1-4H2,(H3,10,12,13). The van der Waals surface area contributed by atoms with Crippen LogP contribution in [-0.2, 0) is 4.74 Å². The third-order valence-electron chi connectivity index (χ3n) is 2.19. The molecule has 1 aliphatic heterocycles. The average Bonchev–Trinajstić information content (AvgIpc) is 2.67. The first-order valence-corrected chi connectivity index (χ1v) is 4.77. The van der Waals surface area contributed by atoms with Gasteiger partial charge in [-0.15, -0.1) is 0 Å². The van der Waals surface area contributed by atoms with E-state index in [0.29, 0.717) is 17.7 Å². The molecule has 5 heteroatoms. The monoisotopic (exact) mass is 194 g/mol. The third-order valence-corrected chi connectivity index (χ3v) is 2.19. The molecule has 1 atom stereocenters. The molecule has 0 amide bonds. The summed E-state index contributed by atoms with van der Waals surface area (Å²) < 4.78 is 5.46. The molecular weight excluding hydrogens is 180 g/mol. The van der Waals surface area contributed by atoms with Crippen molar-refractivity contribution in [2.24, 2.45) is 0 Å². The van der Waals surface area contributed by atoms with Crippen LogP contribution in [0, 0.1) is 0 Å². The zero-order valence-electron chi connectivity index (χ0n) is 7.94. The fraction of sp³-hybridized carbons (Fsp3) is 0.556. The molecule has 5 nitrogen and oxygen atoms in total. The van der Waals surface area contributed by atoms with Gasteiger partial charge in [0.05, 0.1) is 18.5 Å². The van der Waals surface area contributed by atoms with E-state index in [1.165, 1.54) is 6.20 Å². The minimum atomic E-state index is 0.304. The van der Waals surface area contributed by atoms with E-state index in [-0.39, 0.29) is 0 Å². The van der Waals surface area contributed by atoms with Gasteiger partial charge in [0.25, 0.3) is 0 Å². The van der Waals surface area contributed by atoms with Crippen molar-refractivity contribution in [1.29, 1.82) is 0 Å². The van der Waals surface area contributed by atoms with Crippen LogP contribution in [0.5, 0.6) is 0 Å². The number of nitrogens with one attached hydrogen (secondary N) is 1. The molecular formula is C9H14N4O. The molecule has 2 heterocycles. The van der Waals surface area contributed by atoms with Crippen molar-refractivity contribution in [3.8, 4) is 0 Å². The number of aromatic nitrogens is 2. The number of rotatable bonds is 3. The van der Waals surface area contributed by atoms with Crippen LogP contribution in [0.2, 0.25) is 0 Å². The van der Waals surface area contributed by atoms with Gasteiger partial charge in [0.2, 0.25) is 0 Å². The van der Waals surface area contributed by atoms with Gasteiger partial charge in [-0.2, -0.15) is 0 Å². The number of ether oxygens (including phenoxy) is 1. The summed E-state index contributed by atoms with van der Waals surface area (Å²) in [6.07, 6.45) is 5.75. The quantitative estimate of drug-likeness (QED) is 0.739. The molecule has 1 saturated heterocycles. The van der Waals surface area contributed by atoms with Crippen LogP contribution in [0.25, 0.3) is 0 Å². The summed E-state index contributed by atoms with van der Waals surface area (Å²) in [5, 5.41) is 3.15. The first-order valence-electron chi connectivity index (χ1n) is 4.77. The van der Waals surface area contributed by atoms with Gasteiger partial charge in [0, 0.05) is 13.2 Å². The summed E-state index contributed by atoms with van der Waals surface area (Å²) in [6.45, 7) is 1.65. The maximum atomic E-state index is 5.50. The lowest BCUT2D eigenvalue weighted by atomic mass is 10.2. The molecule has 1 aromatic heterocycles. The van der Waals surface area contributed by atoms with Crippen molar-refractivity contribution < 1.29 is 4.74 Å². The van der Waals surface area contributed by atoms with E-state index >= 15 is 0 Å². The van der Waals surface area contributed by atoms with Crippen LogP contribution in [-0.4, -0.2) is 29.2 Å². The molecule has 0 radical (unpaired) electrons. The van der Waals surface area contributed by atoms with Crippen LogP contribution in [0.1, 0.15) is 12.8 Å². The highest BCUT2D eigenvalue weighted by Crippen LogP contribution is 2.12. The topological polar surface area (TPSA) is 73.1 Å². The van der Waals surface area contributed by atoms with Crippen LogP contribution in [0.4, 0.5) is 11.6 Å². The summed E-state index contributed by atoms with van der Waals surface area (Å²) in [6, 6.07) is 0. The Morgan fingerprint density at radius 1 is 1.57 bits per heavy atom.